The fraction of sp³-hybridized carbons (Fsp3) is 0.409. The molecule has 154 valence electrons. The van der Waals surface area contributed by atoms with Gasteiger partial charge in [-0.15, -0.1) is 0 Å². The van der Waals surface area contributed by atoms with Gasteiger partial charge < -0.3 is 10.6 Å². The molecule has 0 atom stereocenters. The molecule has 0 bridgehead atoms. The molecule has 0 unspecified atom stereocenters. The molecular weight excluding hydrogens is 368 g/mol. The number of nitro groups is 1. The van der Waals surface area contributed by atoms with Gasteiger partial charge >= 0.3 is 0 Å². The minimum atomic E-state index is -0.502. The van der Waals surface area contributed by atoms with Crippen molar-refractivity contribution in [1.29, 1.82) is 0 Å². The Balaban J connectivity index is 1.58. The number of non-ortho nitro benzene ring substituents is 1. The second kappa shape index (κ2) is 9.52. The number of hydrogen-bond donors (Lipinski definition) is 2. The van der Waals surface area contributed by atoms with Crippen LogP contribution in [0.3, 0.4) is 0 Å². The summed E-state index contributed by atoms with van der Waals surface area (Å²) < 4.78 is 0. The number of piperidine rings is 1. The Hall–Kier alpha value is -2.93. The molecule has 0 saturated carbocycles. The number of anilines is 1. The van der Waals surface area contributed by atoms with E-state index in [9.17, 15) is 14.9 Å². The summed E-state index contributed by atoms with van der Waals surface area (Å²) in [6.07, 6.45) is 2.52. The normalized spacial score (nSPS) is 15.1. The van der Waals surface area contributed by atoms with Crippen molar-refractivity contribution in [1.82, 2.24) is 10.2 Å². The summed E-state index contributed by atoms with van der Waals surface area (Å²) in [4.78, 5) is 25.5. The van der Waals surface area contributed by atoms with Crippen molar-refractivity contribution in [3.05, 3.63) is 69.3 Å². The van der Waals surface area contributed by atoms with Gasteiger partial charge in [-0.3, -0.25) is 19.8 Å². The predicted molar refractivity (Wildman–Crippen MR) is 114 cm³/mol. The van der Waals surface area contributed by atoms with E-state index in [0.29, 0.717) is 12.2 Å². The highest BCUT2D eigenvalue weighted by Gasteiger charge is 2.17. The third-order valence-electron chi connectivity index (χ3n) is 5.49. The number of nitrogens with one attached hydrogen (secondary N) is 2. The Labute approximate surface area is 171 Å². The molecule has 2 aromatic carbocycles. The molecule has 1 fully saturated rings. The molecule has 0 radical (unpaired) electrons. The average molecular weight is 396 g/mol. The number of likely N-dealkylation sites (tertiary alicyclic amines) is 1. The largest absolute Gasteiger partial charge is 0.387 e. The maximum Gasteiger partial charge on any atom is 0.270 e. The first-order valence-electron chi connectivity index (χ1n) is 10.0. The molecule has 1 amide bonds. The Morgan fingerprint density at radius 2 is 1.79 bits per heavy atom. The number of benzene rings is 2. The van der Waals surface area contributed by atoms with E-state index in [1.165, 1.54) is 30.5 Å². The zero-order valence-corrected chi connectivity index (χ0v) is 17.0. The maximum atomic E-state index is 12.5. The van der Waals surface area contributed by atoms with Crippen molar-refractivity contribution in [3.8, 4) is 0 Å². The number of amides is 1. The average Bonchev–Trinajstić information content (AvgIpc) is 2.74. The van der Waals surface area contributed by atoms with Crippen LogP contribution in [0.5, 0.6) is 0 Å². The number of hydrogen-bond acceptors (Lipinski definition) is 5. The molecule has 1 saturated heterocycles. The molecule has 7 nitrogen and oxygen atoms in total. The molecule has 2 N–H and O–H groups in total. The van der Waals surface area contributed by atoms with Crippen molar-refractivity contribution in [2.24, 2.45) is 5.92 Å². The van der Waals surface area contributed by atoms with Crippen LogP contribution < -0.4 is 10.6 Å². The molecule has 2 aromatic rings. The Morgan fingerprint density at radius 1 is 1.14 bits per heavy atom. The van der Waals surface area contributed by atoms with Gasteiger partial charge in [-0.1, -0.05) is 31.2 Å². The lowest BCUT2D eigenvalue weighted by Gasteiger charge is -2.30. The van der Waals surface area contributed by atoms with Crippen LogP contribution >= 0.6 is 0 Å². The number of nitrogens with zero attached hydrogens (tertiary/aromatic N) is 2. The van der Waals surface area contributed by atoms with E-state index in [1.54, 1.807) is 13.1 Å². The fourth-order valence-electron chi connectivity index (χ4n) is 3.57. The van der Waals surface area contributed by atoms with E-state index in [0.717, 1.165) is 31.1 Å². The van der Waals surface area contributed by atoms with E-state index in [2.05, 4.69) is 34.6 Å². The van der Waals surface area contributed by atoms with Crippen LogP contribution in [0, 0.1) is 16.0 Å². The Bertz CT molecular complexity index is 859. The van der Waals surface area contributed by atoms with E-state index < -0.39 is 4.92 Å². The molecule has 1 aliphatic rings. The van der Waals surface area contributed by atoms with E-state index in [1.807, 2.05) is 12.1 Å². The highest BCUT2D eigenvalue weighted by molar-refractivity contribution is 6.00. The third-order valence-corrected chi connectivity index (χ3v) is 5.49. The van der Waals surface area contributed by atoms with Gasteiger partial charge in [-0.2, -0.15) is 0 Å². The highest BCUT2D eigenvalue weighted by Crippen LogP contribution is 2.22. The lowest BCUT2D eigenvalue weighted by molar-refractivity contribution is -0.384. The molecular formula is C22H28N4O3. The van der Waals surface area contributed by atoms with Gasteiger partial charge in [0.05, 0.1) is 10.5 Å². The summed E-state index contributed by atoms with van der Waals surface area (Å²) in [7, 11) is 1.68. The summed E-state index contributed by atoms with van der Waals surface area (Å²) in [5, 5.41) is 16.7. The summed E-state index contributed by atoms with van der Waals surface area (Å²) in [6.45, 7) is 5.93. The van der Waals surface area contributed by atoms with Crippen molar-refractivity contribution in [2.75, 3.05) is 25.5 Å². The number of carbonyl (C=O) groups is 1. The van der Waals surface area contributed by atoms with Gasteiger partial charge in [0.2, 0.25) is 0 Å². The SMILES string of the molecule is CNc1ccc([N+](=O)[O-])cc1C(=O)NCc1ccc(CN2CCC(C)CC2)cc1. The predicted octanol–water partition coefficient (Wildman–Crippen LogP) is 3.80. The van der Waals surface area contributed by atoms with Crippen LogP contribution in [0.1, 0.15) is 41.3 Å². The first-order chi connectivity index (χ1) is 14.0. The maximum absolute atomic E-state index is 12.5. The molecule has 1 aliphatic heterocycles. The summed E-state index contributed by atoms with van der Waals surface area (Å²) in [5.41, 5.74) is 2.97. The molecule has 0 aromatic heterocycles. The summed E-state index contributed by atoms with van der Waals surface area (Å²) in [5.74, 6) is 0.483. The quantitative estimate of drug-likeness (QED) is 0.549. The topological polar surface area (TPSA) is 87.5 Å². The van der Waals surface area contributed by atoms with Crippen LogP contribution in [-0.4, -0.2) is 35.9 Å². The smallest absolute Gasteiger partial charge is 0.270 e. The second-order valence-corrected chi connectivity index (χ2v) is 7.69. The van der Waals surface area contributed by atoms with Crippen molar-refractivity contribution in [2.45, 2.75) is 32.9 Å². The van der Waals surface area contributed by atoms with Crippen LogP contribution in [0.2, 0.25) is 0 Å². The van der Waals surface area contributed by atoms with Crippen LogP contribution in [0.4, 0.5) is 11.4 Å². The number of rotatable bonds is 7. The molecule has 0 aliphatic carbocycles. The second-order valence-electron chi connectivity index (χ2n) is 7.69. The van der Waals surface area contributed by atoms with E-state index in [-0.39, 0.29) is 17.2 Å². The van der Waals surface area contributed by atoms with Crippen LogP contribution in [-0.2, 0) is 13.1 Å². The lowest BCUT2D eigenvalue weighted by Crippen LogP contribution is -2.32. The van der Waals surface area contributed by atoms with Gasteiger partial charge in [0.1, 0.15) is 0 Å². The molecule has 1 heterocycles. The van der Waals surface area contributed by atoms with Crippen LogP contribution in [0.25, 0.3) is 0 Å². The van der Waals surface area contributed by atoms with Crippen molar-refractivity contribution >= 4 is 17.3 Å². The van der Waals surface area contributed by atoms with Gasteiger partial charge in [-0.05, 0) is 49.0 Å². The molecule has 3 rings (SSSR count). The van der Waals surface area contributed by atoms with E-state index in [4.69, 9.17) is 0 Å². The van der Waals surface area contributed by atoms with Gasteiger partial charge in [0.15, 0.2) is 0 Å². The van der Waals surface area contributed by atoms with Gasteiger partial charge in [0.25, 0.3) is 11.6 Å². The number of carbonyl (C=O) groups excluding carboxylic acids is 1. The van der Waals surface area contributed by atoms with Gasteiger partial charge in [0, 0.05) is 38.0 Å². The lowest BCUT2D eigenvalue weighted by atomic mass is 9.99. The standard InChI is InChI=1S/C22H28N4O3/c1-16-9-11-25(12-10-16)15-18-5-3-17(4-6-18)14-24-22(27)20-13-19(26(28)29)7-8-21(20)23-2/h3-8,13,16,23H,9-12,14-15H2,1-2H3,(H,24,27). The number of nitro benzene ring substituents is 1. The third kappa shape index (κ3) is 5.54. The first-order valence-corrected chi connectivity index (χ1v) is 10.0. The monoisotopic (exact) mass is 396 g/mol. The Morgan fingerprint density at radius 3 is 2.41 bits per heavy atom. The Kier molecular flexibility index (Phi) is 6.82. The highest BCUT2D eigenvalue weighted by atomic mass is 16.6. The molecule has 7 heteroatoms. The van der Waals surface area contributed by atoms with Crippen LogP contribution in [0.15, 0.2) is 42.5 Å². The first kappa shape index (κ1) is 20.8. The van der Waals surface area contributed by atoms with E-state index >= 15 is 0 Å². The fourth-order valence-corrected chi connectivity index (χ4v) is 3.57. The zero-order chi connectivity index (χ0) is 20.8. The van der Waals surface area contributed by atoms with Crippen molar-refractivity contribution in [3.63, 3.8) is 0 Å². The molecule has 29 heavy (non-hydrogen) atoms. The summed E-state index contributed by atoms with van der Waals surface area (Å²) in [6, 6.07) is 12.5. The molecule has 0 spiro atoms. The zero-order valence-electron chi connectivity index (χ0n) is 17.0. The minimum Gasteiger partial charge on any atom is -0.387 e. The van der Waals surface area contributed by atoms with Gasteiger partial charge in [-0.25, -0.2) is 0 Å². The minimum absolute atomic E-state index is 0.106. The van der Waals surface area contributed by atoms with Crippen molar-refractivity contribution < 1.29 is 9.72 Å². The summed E-state index contributed by atoms with van der Waals surface area (Å²) >= 11 is 0.